The van der Waals surface area contributed by atoms with E-state index in [1.165, 1.54) is 17.7 Å². The first-order chi connectivity index (χ1) is 11.6. The highest BCUT2D eigenvalue weighted by molar-refractivity contribution is 5.94. The van der Waals surface area contributed by atoms with Crippen molar-refractivity contribution in [3.05, 3.63) is 75.3 Å². The van der Waals surface area contributed by atoms with Crippen molar-refractivity contribution in [3.63, 3.8) is 0 Å². The van der Waals surface area contributed by atoms with Gasteiger partial charge in [0.05, 0.1) is 11.0 Å². The number of nitro groups is 1. The summed E-state index contributed by atoms with van der Waals surface area (Å²) in [4.78, 5) is 24.8. The van der Waals surface area contributed by atoms with E-state index >= 15 is 0 Å². The molecule has 0 N–H and O–H groups in total. The van der Waals surface area contributed by atoms with Crippen LogP contribution in [0.15, 0.2) is 48.5 Å². The van der Waals surface area contributed by atoms with Gasteiger partial charge in [0.15, 0.2) is 0 Å². The minimum Gasteiger partial charge on any atom is -0.335 e. The van der Waals surface area contributed by atoms with Crippen molar-refractivity contribution in [1.29, 1.82) is 0 Å². The summed E-state index contributed by atoms with van der Waals surface area (Å²) in [5.74, 6) is -0.112. The third kappa shape index (κ3) is 4.24. The van der Waals surface area contributed by atoms with E-state index < -0.39 is 4.92 Å². The summed E-state index contributed by atoms with van der Waals surface area (Å²) in [5.41, 5.74) is 2.56. The topological polar surface area (TPSA) is 63.5 Å². The van der Waals surface area contributed by atoms with Gasteiger partial charge in [-0.05, 0) is 35.6 Å². The first kappa shape index (κ1) is 18.6. The van der Waals surface area contributed by atoms with Crippen LogP contribution in [0.2, 0.25) is 0 Å². The fourth-order valence-corrected chi connectivity index (χ4v) is 2.61. The number of nitrogens with zero attached hydrogens (tertiary/aromatic N) is 2. The molecule has 0 aliphatic carbocycles. The van der Waals surface area contributed by atoms with Gasteiger partial charge in [-0.15, -0.1) is 0 Å². The first-order valence-electron chi connectivity index (χ1n) is 8.23. The molecule has 0 radical (unpaired) electrons. The first-order valence-corrected chi connectivity index (χ1v) is 8.23. The number of benzene rings is 2. The highest BCUT2D eigenvalue weighted by Crippen LogP contribution is 2.26. The van der Waals surface area contributed by atoms with Gasteiger partial charge in [0.25, 0.3) is 11.6 Å². The second-order valence-electron chi connectivity index (χ2n) is 7.27. The highest BCUT2D eigenvalue weighted by atomic mass is 16.6. The molecular weight excluding hydrogens is 316 g/mol. The lowest BCUT2D eigenvalue weighted by Gasteiger charge is -2.26. The van der Waals surface area contributed by atoms with E-state index in [0.29, 0.717) is 5.56 Å². The smallest absolute Gasteiger partial charge is 0.269 e. The molecule has 2 aromatic rings. The van der Waals surface area contributed by atoms with Crippen molar-refractivity contribution in [1.82, 2.24) is 4.90 Å². The van der Waals surface area contributed by atoms with E-state index in [4.69, 9.17) is 0 Å². The molecule has 25 heavy (non-hydrogen) atoms. The molecule has 0 aliphatic rings. The predicted molar refractivity (Wildman–Crippen MR) is 98.7 cm³/mol. The Morgan fingerprint density at radius 1 is 1.12 bits per heavy atom. The fourth-order valence-electron chi connectivity index (χ4n) is 2.61. The summed E-state index contributed by atoms with van der Waals surface area (Å²) >= 11 is 0. The maximum Gasteiger partial charge on any atom is 0.269 e. The maximum absolute atomic E-state index is 12.7. The average Bonchev–Trinajstić information content (AvgIpc) is 2.59. The number of amides is 1. The molecule has 5 heteroatoms. The van der Waals surface area contributed by atoms with Crippen molar-refractivity contribution < 1.29 is 9.72 Å². The van der Waals surface area contributed by atoms with Crippen LogP contribution in [0.4, 0.5) is 5.69 Å². The number of non-ortho nitro benzene ring substituents is 1. The fraction of sp³-hybridized carbons (Fsp3) is 0.350. The molecule has 0 bridgehead atoms. The third-order valence-electron chi connectivity index (χ3n) is 4.46. The lowest BCUT2D eigenvalue weighted by molar-refractivity contribution is -0.384. The number of carbonyl (C=O) groups excluding carboxylic acids is 1. The van der Waals surface area contributed by atoms with Gasteiger partial charge >= 0.3 is 0 Å². The monoisotopic (exact) mass is 340 g/mol. The zero-order valence-electron chi connectivity index (χ0n) is 15.3. The summed E-state index contributed by atoms with van der Waals surface area (Å²) < 4.78 is 0. The van der Waals surface area contributed by atoms with Crippen LogP contribution >= 0.6 is 0 Å². The van der Waals surface area contributed by atoms with Crippen LogP contribution in [-0.4, -0.2) is 22.8 Å². The quantitative estimate of drug-likeness (QED) is 0.597. The van der Waals surface area contributed by atoms with Crippen molar-refractivity contribution in [2.45, 2.75) is 39.2 Å². The van der Waals surface area contributed by atoms with Crippen LogP contribution in [0.25, 0.3) is 0 Å². The van der Waals surface area contributed by atoms with Gasteiger partial charge < -0.3 is 4.90 Å². The van der Waals surface area contributed by atoms with E-state index in [1.54, 1.807) is 24.1 Å². The standard InChI is InChI=1S/C20H24N2O3/c1-14(16-7-6-8-18(13-16)22(24)25)21(5)19(23)15-9-11-17(12-10-15)20(2,3)4/h6-14H,1-5H3/t14-/m1/s1. The second kappa shape index (κ2) is 7.05. The van der Waals surface area contributed by atoms with Gasteiger partial charge in [0.2, 0.25) is 0 Å². The predicted octanol–water partition coefficient (Wildman–Crippen LogP) is 4.73. The Kier molecular flexibility index (Phi) is 5.26. The van der Waals surface area contributed by atoms with Gasteiger partial charge in [-0.1, -0.05) is 45.0 Å². The molecule has 1 atom stereocenters. The number of carbonyl (C=O) groups is 1. The Labute approximate surface area is 148 Å². The third-order valence-corrected chi connectivity index (χ3v) is 4.46. The summed E-state index contributed by atoms with van der Waals surface area (Å²) in [5, 5.41) is 10.9. The van der Waals surface area contributed by atoms with E-state index in [0.717, 1.165) is 5.56 Å². The molecule has 0 saturated heterocycles. The average molecular weight is 340 g/mol. The van der Waals surface area contributed by atoms with Crippen molar-refractivity contribution >= 4 is 11.6 Å². The van der Waals surface area contributed by atoms with Crippen molar-refractivity contribution in [2.24, 2.45) is 0 Å². The molecule has 5 nitrogen and oxygen atoms in total. The Bertz CT molecular complexity index is 776. The molecule has 0 aromatic heterocycles. The van der Waals surface area contributed by atoms with Gasteiger partial charge in [0, 0.05) is 24.7 Å². The van der Waals surface area contributed by atoms with Crippen molar-refractivity contribution in [3.8, 4) is 0 Å². The van der Waals surface area contributed by atoms with E-state index in [-0.39, 0.29) is 23.1 Å². The summed E-state index contributed by atoms with van der Waals surface area (Å²) in [6, 6.07) is 13.7. The van der Waals surface area contributed by atoms with Crippen LogP contribution in [0, 0.1) is 10.1 Å². The largest absolute Gasteiger partial charge is 0.335 e. The molecular formula is C20H24N2O3. The Morgan fingerprint density at radius 3 is 2.24 bits per heavy atom. The molecule has 0 saturated carbocycles. The minimum atomic E-state index is -0.427. The van der Waals surface area contributed by atoms with Crippen molar-refractivity contribution in [2.75, 3.05) is 7.05 Å². The highest BCUT2D eigenvalue weighted by Gasteiger charge is 2.21. The van der Waals surface area contributed by atoms with Crippen LogP contribution in [-0.2, 0) is 5.41 Å². The van der Waals surface area contributed by atoms with E-state index in [1.807, 2.05) is 31.2 Å². The molecule has 0 fully saturated rings. The lowest BCUT2D eigenvalue weighted by Crippen LogP contribution is -2.29. The van der Waals surface area contributed by atoms with Gasteiger partial charge in [-0.2, -0.15) is 0 Å². The molecule has 132 valence electrons. The molecule has 0 spiro atoms. The van der Waals surface area contributed by atoms with E-state index in [9.17, 15) is 14.9 Å². The zero-order chi connectivity index (χ0) is 18.8. The summed E-state index contributed by atoms with van der Waals surface area (Å²) in [6.45, 7) is 8.24. The number of hydrogen-bond acceptors (Lipinski definition) is 3. The maximum atomic E-state index is 12.7. The van der Waals surface area contributed by atoms with Gasteiger partial charge in [-0.3, -0.25) is 14.9 Å². The number of nitro benzene ring substituents is 1. The Morgan fingerprint density at radius 2 is 1.72 bits per heavy atom. The summed E-state index contributed by atoms with van der Waals surface area (Å²) in [6.07, 6.45) is 0. The lowest BCUT2D eigenvalue weighted by atomic mass is 9.86. The van der Waals surface area contributed by atoms with Crippen LogP contribution in [0.1, 0.15) is 55.2 Å². The Hall–Kier alpha value is -2.69. The number of rotatable bonds is 4. The van der Waals surface area contributed by atoms with Crippen LogP contribution in [0.3, 0.4) is 0 Å². The zero-order valence-corrected chi connectivity index (χ0v) is 15.3. The molecule has 1 amide bonds. The summed E-state index contributed by atoms with van der Waals surface area (Å²) in [7, 11) is 1.71. The SMILES string of the molecule is C[C@H](c1cccc([N+](=O)[O-])c1)N(C)C(=O)c1ccc(C(C)(C)C)cc1. The molecule has 2 aromatic carbocycles. The molecule has 0 aliphatic heterocycles. The Balaban J connectivity index is 2.21. The second-order valence-corrected chi connectivity index (χ2v) is 7.27. The van der Waals surface area contributed by atoms with E-state index in [2.05, 4.69) is 20.8 Å². The molecule has 2 rings (SSSR count). The van der Waals surface area contributed by atoms with Gasteiger partial charge in [0.1, 0.15) is 0 Å². The van der Waals surface area contributed by atoms with Crippen LogP contribution in [0.5, 0.6) is 0 Å². The molecule has 0 unspecified atom stereocenters. The van der Waals surface area contributed by atoms with Gasteiger partial charge in [-0.25, -0.2) is 0 Å². The number of hydrogen-bond donors (Lipinski definition) is 0. The normalized spacial score (nSPS) is 12.5. The minimum absolute atomic E-state index is 0.0275. The van der Waals surface area contributed by atoms with Crippen LogP contribution < -0.4 is 0 Å². The molecule has 0 heterocycles.